The van der Waals surface area contributed by atoms with Crippen LogP contribution >= 0.6 is 7.75 Å². The van der Waals surface area contributed by atoms with Gasteiger partial charge in [0, 0.05) is 14.1 Å². The summed E-state index contributed by atoms with van der Waals surface area (Å²) in [6.45, 7) is 0.662. The summed E-state index contributed by atoms with van der Waals surface area (Å²) < 4.78 is 46.4. The zero-order valence-electron chi connectivity index (χ0n) is 20.1. The second-order valence-corrected chi connectivity index (χ2v) is 10.2. The fourth-order valence-electron chi connectivity index (χ4n) is 3.66. The van der Waals surface area contributed by atoms with Crippen LogP contribution in [0.5, 0.6) is 5.75 Å². The fourth-order valence-corrected chi connectivity index (χ4v) is 5.16. The molecule has 5 N–H and O–H groups in total. The summed E-state index contributed by atoms with van der Waals surface area (Å²) in [7, 11) is -0.834. The number of nitrogen functional groups attached to an aromatic ring is 1. The molecule has 200 valence electrons. The number of nitrogens with zero attached hydrogens (tertiary/aromatic N) is 5. The van der Waals surface area contributed by atoms with Gasteiger partial charge in [-0.15, -0.1) is 0 Å². The summed E-state index contributed by atoms with van der Waals surface area (Å²) in [5.74, 6) is -0.812. The Balaban J connectivity index is 1.55. The minimum atomic E-state index is -4.30. The van der Waals surface area contributed by atoms with Crippen molar-refractivity contribution in [1.29, 1.82) is 0 Å². The molecular formula is C21H27FN7O7P. The van der Waals surface area contributed by atoms with E-state index in [1.54, 1.807) is 37.2 Å². The van der Waals surface area contributed by atoms with Gasteiger partial charge >= 0.3 is 13.7 Å². The molecule has 6 atom stereocenters. The summed E-state index contributed by atoms with van der Waals surface area (Å²) in [6.07, 6.45) is -4.99. The van der Waals surface area contributed by atoms with Crippen LogP contribution in [0.4, 0.5) is 16.2 Å². The molecule has 0 radical (unpaired) electrons. The molecule has 0 saturated carbocycles. The smallest absolute Gasteiger partial charge is 0.459 e. The van der Waals surface area contributed by atoms with Gasteiger partial charge in [-0.3, -0.25) is 13.9 Å². The Morgan fingerprint density at radius 3 is 2.70 bits per heavy atom. The fraction of sp³-hybridized carbons (Fsp3) is 0.429. The van der Waals surface area contributed by atoms with Gasteiger partial charge in [-0.05, 0) is 19.1 Å². The number of aliphatic carboxylic acids is 1. The van der Waals surface area contributed by atoms with Gasteiger partial charge in [-0.1, -0.05) is 18.2 Å². The quantitative estimate of drug-likeness (QED) is 0.271. The largest absolute Gasteiger partial charge is 0.480 e. The van der Waals surface area contributed by atoms with E-state index in [-0.39, 0.29) is 17.3 Å². The first-order valence-electron chi connectivity index (χ1n) is 11.1. The number of nitrogens with two attached hydrogens (primary N) is 1. The molecule has 0 amide bonds. The Bertz CT molecular complexity index is 1310. The molecule has 37 heavy (non-hydrogen) atoms. The molecule has 3 heterocycles. The predicted octanol–water partition coefficient (Wildman–Crippen LogP) is 1.34. The number of aromatic nitrogens is 4. The average Bonchev–Trinajstić information content (AvgIpc) is 3.38. The molecule has 1 aliphatic heterocycles. The molecule has 14 nitrogen and oxygen atoms in total. The van der Waals surface area contributed by atoms with Gasteiger partial charge < -0.3 is 30.1 Å². The van der Waals surface area contributed by atoms with E-state index in [4.69, 9.17) is 19.5 Å². The van der Waals surface area contributed by atoms with E-state index >= 15 is 4.39 Å². The summed E-state index contributed by atoms with van der Waals surface area (Å²) >= 11 is 0. The monoisotopic (exact) mass is 539 g/mol. The van der Waals surface area contributed by atoms with Crippen molar-refractivity contribution in [2.24, 2.45) is 0 Å². The van der Waals surface area contributed by atoms with Crippen molar-refractivity contribution in [3.8, 4) is 5.75 Å². The summed E-state index contributed by atoms with van der Waals surface area (Å²) in [6, 6.07) is 6.63. The van der Waals surface area contributed by atoms with Crippen molar-refractivity contribution in [2.75, 3.05) is 31.3 Å². The van der Waals surface area contributed by atoms with Crippen molar-refractivity contribution in [1.82, 2.24) is 24.6 Å². The van der Waals surface area contributed by atoms with E-state index < -0.39 is 51.0 Å². The van der Waals surface area contributed by atoms with E-state index in [9.17, 15) is 19.6 Å². The van der Waals surface area contributed by atoms with Gasteiger partial charge in [0.25, 0.3) is 0 Å². The Labute approximate surface area is 210 Å². The van der Waals surface area contributed by atoms with E-state index in [1.165, 1.54) is 30.0 Å². The standard InChI is InChI=1S/C21H27FN7O7P/c1-11(20(31)32)27-37(33,36-12-7-5-4-6-8-12)34-9-13-16(30)14(22)19(35-13)29-10-24-15-17(28(2)3)25-21(23)26-18(15)29/h4-8,10-11,13-14,16,19,30H,9H2,1-3H3,(H,27,33)(H,31,32)(H2,23,25,26)/t11?,13-,14-,16-,19-,37?/m1/s1. The number of para-hydroxylation sites is 1. The number of fused-ring (bicyclic) bond motifs is 1. The highest BCUT2D eigenvalue weighted by atomic mass is 31.2. The zero-order valence-corrected chi connectivity index (χ0v) is 21.0. The number of aliphatic hydroxyl groups excluding tert-OH is 1. The van der Waals surface area contributed by atoms with Crippen LogP contribution in [0.1, 0.15) is 13.2 Å². The van der Waals surface area contributed by atoms with E-state index in [1.807, 2.05) is 0 Å². The third-order valence-electron chi connectivity index (χ3n) is 5.51. The number of hydrogen-bond donors (Lipinski definition) is 4. The van der Waals surface area contributed by atoms with Gasteiger partial charge in [-0.2, -0.15) is 15.1 Å². The van der Waals surface area contributed by atoms with Crippen molar-refractivity contribution in [2.45, 2.75) is 37.6 Å². The maximum Gasteiger partial charge on any atom is 0.459 e. The number of carboxylic acid groups (broad SMARTS) is 1. The number of nitrogens with one attached hydrogen (secondary N) is 1. The maximum absolute atomic E-state index is 15.2. The molecule has 2 aromatic heterocycles. The first kappa shape index (κ1) is 26.7. The molecule has 1 aliphatic rings. The molecule has 2 unspecified atom stereocenters. The lowest BCUT2D eigenvalue weighted by Crippen LogP contribution is -2.36. The number of ether oxygens (including phenoxy) is 1. The SMILES string of the molecule is CC(NP(=O)(OC[C@H]1O[C@@H](n2cnc3c(N(C)C)nc(N)nc32)[C@H](F)[C@@H]1O)Oc1ccccc1)C(=O)O. The van der Waals surface area contributed by atoms with Crippen molar-refractivity contribution in [3.05, 3.63) is 36.7 Å². The highest BCUT2D eigenvalue weighted by molar-refractivity contribution is 7.52. The molecule has 0 aliphatic carbocycles. The molecule has 0 bridgehead atoms. The molecule has 3 aromatic rings. The molecule has 1 saturated heterocycles. The number of anilines is 2. The minimum Gasteiger partial charge on any atom is -0.480 e. The number of hydrogen-bond acceptors (Lipinski definition) is 11. The van der Waals surface area contributed by atoms with E-state index in [0.29, 0.717) is 11.3 Å². The molecular weight excluding hydrogens is 512 g/mol. The lowest BCUT2D eigenvalue weighted by Gasteiger charge is -2.23. The Morgan fingerprint density at radius 2 is 2.05 bits per heavy atom. The number of carbonyl (C=O) groups is 1. The van der Waals surface area contributed by atoms with Gasteiger partial charge in [0.15, 0.2) is 29.4 Å². The molecule has 16 heteroatoms. The Hall–Kier alpha value is -3.36. The third-order valence-corrected chi connectivity index (χ3v) is 7.16. The van der Waals surface area contributed by atoms with E-state index in [0.717, 1.165) is 0 Å². The van der Waals surface area contributed by atoms with Crippen LogP contribution < -0.4 is 20.2 Å². The minimum absolute atomic E-state index is 0.0654. The first-order valence-corrected chi connectivity index (χ1v) is 12.7. The van der Waals surface area contributed by atoms with Gasteiger partial charge in [0.05, 0.1) is 12.9 Å². The van der Waals surface area contributed by atoms with Crippen LogP contribution in [0.25, 0.3) is 11.2 Å². The van der Waals surface area contributed by atoms with Crippen LogP contribution in [0.15, 0.2) is 36.7 Å². The number of aliphatic hydroxyl groups is 1. The first-order chi connectivity index (χ1) is 17.5. The van der Waals surface area contributed by atoms with Crippen LogP contribution in [0.3, 0.4) is 0 Å². The van der Waals surface area contributed by atoms with Crippen LogP contribution in [0, 0.1) is 0 Å². The Morgan fingerprint density at radius 1 is 1.35 bits per heavy atom. The average molecular weight is 539 g/mol. The maximum atomic E-state index is 15.2. The van der Waals surface area contributed by atoms with Gasteiger partial charge in [-0.25, -0.2) is 13.9 Å². The number of imidazole rings is 1. The molecule has 1 aromatic carbocycles. The van der Waals surface area contributed by atoms with Crippen molar-refractivity contribution in [3.63, 3.8) is 0 Å². The summed E-state index contributed by atoms with van der Waals surface area (Å²) in [5.41, 5.74) is 6.34. The van der Waals surface area contributed by atoms with Gasteiger partial charge in [0.2, 0.25) is 5.95 Å². The van der Waals surface area contributed by atoms with E-state index in [2.05, 4.69) is 20.0 Å². The number of benzene rings is 1. The topological polar surface area (TPSA) is 187 Å². The zero-order chi connectivity index (χ0) is 26.9. The number of rotatable bonds is 10. The van der Waals surface area contributed by atoms with Crippen LogP contribution in [-0.2, 0) is 18.6 Å². The second kappa shape index (κ2) is 10.6. The van der Waals surface area contributed by atoms with Gasteiger partial charge in [0.1, 0.15) is 24.0 Å². The second-order valence-electron chi connectivity index (χ2n) is 8.51. The summed E-state index contributed by atoms with van der Waals surface area (Å²) in [4.78, 5) is 25.5. The number of halogens is 1. The number of carboxylic acids is 1. The lowest BCUT2D eigenvalue weighted by atomic mass is 10.1. The molecule has 0 spiro atoms. The van der Waals surface area contributed by atoms with Crippen LogP contribution in [-0.4, -0.2) is 80.8 Å². The lowest BCUT2D eigenvalue weighted by molar-refractivity contribution is -0.138. The third kappa shape index (κ3) is 5.65. The molecule has 4 rings (SSSR count). The predicted molar refractivity (Wildman–Crippen MR) is 130 cm³/mol. The van der Waals surface area contributed by atoms with Crippen molar-refractivity contribution < 1.29 is 37.7 Å². The normalized spacial score (nSPS) is 24.0. The highest BCUT2D eigenvalue weighted by Gasteiger charge is 2.47. The summed E-state index contributed by atoms with van der Waals surface area (Å²) in [5, 5.41) is 22.1. The Kier molecular flexibility index (Phi) is 7.62. The van der Waals surface area contributed by atoms with Crippen molar-refractivity contribution >= 4 is 36.6 Å². The van der Waals surface area contributed by atoms with Crippen LogP contribution in [0.2, 0.25) is 0 Å². The number of alkyl halides is 1. The highest BCUT2D eigenvalue weighted by Crippen LogP contribution is 2.46. The molecule has 1 fully saturated rings.